The largest absolute Gasteiger partial charge is 0.451 e. The molecule has 150 valence electrons. The number of amides is 1. The Bertz CT molecular complexity index is 973. The normalized spacial score (nSPS) is 12.8. The van der Waals surface area contributed by atoms with E-state index >= 15 is 0 Å². The first kappa shape index (κ1) is 20.2. The molecule has 1 amide bonds. The van der Waals surface area contributed by atoms with E-state index in [1.165, 1.54) is 17.9 Å². The highest BCUT2D eigenvalue weighted by Crippen LogP contribution is 2.18. The zero-order chi connectivity index (χ0) is 20.8. The van der Waals surface area contributed by atoms with Crippen molar-refractivity contribution in [3.63, 3.8) is 0 Å². The van der Waals surface area contributed by atoms with Gasteiger partial charge in [0.25, 0.3) is 5.91 Å². The number of benzene rings is 2. The Hall–Kier alpha value is -3.55. The van der Waals surface area contributed by atoms with Crippen LogP contribution in [0.25, 0.3) is 0 Å². The molecule has 8 heteroatoms. The molecule has 0 aliphatic heterocycles. The first-order valence-corrected chi connectivity index (χ1v) is 9.29. The van der Waals surface area contributed by atoms with Crippen LogP contribution >= 0.6 is 0 Å². The van der Waals surface area contributed by atoms with Gasteiger partial charge in [-0.1, -0.05) is 42.5 Å². The Morgan fingerprint density at radius 1 is 1.14 bits per heavy atom. The van der Waals surface area contributed by atoms with Crippen LogP contribution in [-0.4, -0.2) is 38.2 Å². The van der Waals surface area contributed by atoms with Crippen LogP contribution < -0.4 is 5.32 Å². The molecule has 8 nitrogen and oxygen atoms in total. The van der Waals surface area contributed by atoms with Gasteiger partial charge >= 0.3 is 5.97 Å². The van der Waals surface area contributed by atoms with E-state index in [4.69, 9.17) is 4.74 Å². The van der Waals surface area contributed by atoms with Crippen molar-refractivity contribution in [1.82, 2.24) is 20.2 Å². The molecule has 0 unspecified atom stereocenters. The second-order valence-electron chi connectivity index (χ2n) is 6.88. The molecule has 29 heavy (non-hydrogen) atoms. The number of hydrogen-bond donors (Lipinski definition) is 1. The number of nitrogens with one attached hydrogen (secondary N) is 1. The molecule has 3 aromatic rings. The Balaban J connectivity index is 1.69. The second-order valence-corrected chi connectivity index (χ2v) is 6.88. The molecule has 0 saturated heterocycles. The molecule has 0 aliphatic carbocycles. The Kier molecular flexibility index (Phi) is 6.33. The molecule has 1 heterocycles. The number of anilines is 1. The van der Waals surface area contributed by atoms with Crippen LogP contribution in [0.5, 0.6) is 0 Å². The Labute approximate surface area is 168 Å². The van der Waals surface area contributed by atoms with Crippen LogP contribution in [0.2, 0.25) is 0 Å². The van der Waals surface area contributed by atoms with E-state index in [-0.39, 0.29) is 0 Å². The maximum Gasteiger partial charge on any atom is 0.332 e. The lowest BCUT2D eigenvalue weighted by molar-refractivity contribution is -0.156. The standard InChI is InChI=1S/C21H23N5O3/c1-14-9-10-15(2)18(11-14)23-20(27)16(3)29-21(28)19(26-13-22-24-25-26)12-17-7-5-4-6-8-17/h4-11,13,16,19H,12H2,1-3H3,(H,23,27)/t16-,19+/m1/s1. The number of aromatic nitrogens is 4. The van der Waals surface area contributed by atoms with E-state index in [1.807, 2.05) is 62.4 Å². The third kappa shape index (κ3) is 5.25. The fourth-order valence-electron chi connectivity index (χ4n) is 2.84. The van der Waals surface area contributed by atoms with Gasteiger partial charge in [-0.05, 0) is 54.0 Å². The maximum absolute atomic E-state index is 12.8. The van der Waals surface area contributed by atoms with E-state index in [9.17, 15) is 9.59 Å². The summed E-state index contributed by atoms with van der Waals surface area (Å²) in [5.74, 6) is -0.980. The van der Waals surface area contributed by atoms with Gasteiger partial charge in [0.2, 0.25) is 0 Å². The molecule has 1 N–H and O–H groups in total. The van der Waals surface area contributed by atoms with Crippen molar-refractivity contribution in [2.75, 3.05) is 5.32 Å². The number of carbonyl (C=O) groups is 2. The minimum absolute atomic E-state index is 0.343. The van der Waals surface area contributed by atoms with Crippen LogP contribution in [0, 0.1) is 13.8 Å². The number of tetrazole rings is 1. The Morgan fingerprint density at radius 3 is 2.59 bits per heavy atom. The van der Waals surface area contributed by atoms with Crippen molar-refractivity contribution in [3.05, 3.63) is 71.5 Å². The smallest absolute Gasteiger partial charge is 0.332 e. The van der Waals surface area contributed by atoms with Gasteiger partial charge in [-0.25, -0.2) is 9.48 Å². The van der Waals surface area contributed by atoms with Crippen LogP contribution in [0.1, 0.15) is 29.7 Å². The minimum Gasteiger partial charge on any atom is -0.451 e. The average molecular weight is 393 g/mol. The molecule has 0 saturated carbocycles. The van der Waals surface area contributed by atoms with Gasteiger partial charge in [0.15, 0.2) is 12.1 Å². The number of hydrogen-bond acceptors (Lipinski definition) is 6. The van der Waals surface area contributed by atoms with Crippen molar-refractivity contribution < 1.29 is 14.3 Å². The highest BCUT2D eigenvalue weighted by atomic mass is 16.5. The lowest BCUT2D eigenvalue weighted by Gasteiger charge is -2.19. The lowest BCUT2D eigenvalue weighted by Crippen LogP contribution is -2.34. The van der Waals surface area contributed by atoms with Crippen molar-refractivity contribution in [3.8, 4) is 0 Å². The zero-order valence-electron chi connectivity index (χ0n) is 16.6. The molecule has 0 bridgehead atoms. The van der Waals surface area contributed by atoms with E-state index in [2.05, 4.69) is 20.8 Å². The first-order valence-electron chi connectivity index (χ1n) is 9.29. The van der Waals surface area contributed by atoms with Gasteiger partial charge < -0.3 is 10.1 Å². The summed E-state index contributed by atoms with van der Waals surface area (Å²) in [7, 11) is 0. The summed E-state index contributed by atoms with van der Waals surface area (Å²) >= 11 is 0. The van der Waals surface area contributed by atoms with E-state index in [0.29, 0.717) is 12.1 Å². The van der Waals surface area contributed by atoms with E-state index < -0.39 is 24.0 Å². The van der Waals surface area contributed by atoms with Gasteiger partial charge in [-0.15, -0.1) is 5.10 Å². The average Bonchev–Trinajstić information content (AvgIpc) is 3.24. The minimum atomic E-state index is -0.975. The van der Waals surface area contributed by atoms with Crippen molar-refractivity contribution in [2.45, 2.75) is 39.3 Å². The highest BCUT2D eigenvalue weighted by Gasteiger charge is 2.28. The van der Waals surface area contributed by atoms with E-state index in [1.54, 1.807) is 0 Å². The van der Waals surface area contributed by atoms with Crippen molar-refractivity contribution in [2.24, 2.45) is 0 Å². The summed E-state index contributed by atoms with van der Waals surface area (Å²) < 4.78 is 6.78. The molecule has 2 aromatic carbocycles. The summed E-state index contributed by atoms with van der Waals surface area (Å²) in [5, 5.41) is 13.8. The summed E-state index contributed by atoms with van der Waals surface area (Å²) in [4.78, 5) is 25.4. The third-order valence-electron chi connectivity index (χ3n) is 4.54. The molecule has 2 atom stereocenters. The monoisotopic (exact) mass is 393 g/mol. The zero-order valence-corrected chi connectivity index (χ0v) is 16.6. The van der Waals surface area contributed by atoms with Crippen LogP contribution in [-0.2, 0) is 20.7 Å². The molecule has 0 spiro atoms. The van der Waals surface area contributed by atoms with Crippen molar-refractivity contribution >= 4 is 17.6 Å². The Morgan fingerprint density at radius 2 is 1.90 bits per heavy atom. The van der Waals surface area contributed by atoms with Gasteiger partial charge in [0, 0.05) is 12.1 Å². The number of aryl methyl sites for hydroxylation is 2. The number of nitrogens with zero attached hydrogens (tertiary/aromatic N) is 4. The molecular weight excluding hydrogens is 370 g/mol. The predicted molar refractivity (Wildman–Crippen MR) is 107 cm³/mol. The van der Waals surface area contributed by atoms with Crippen LogP contribution in [0.15, 0.2) is 54.9 Å². The quantitative estimate of drug-likeness (QED) is 0.620. The molecular formula is C21H23N5O3. The van der Waals surface area contributed by atoms with Crippen LogP contribution in [0.4, 0.5) is 5.69 Å². The highest BCUT2D eigenvalue weighted by molar-refractivity contribution is 5.96. The summed E-state index contributed by atoms with van der Waals surface area (Å²) in [6, 6.07) is 14.5. The topological polar surface area (TPSA) is 99.0 Å². The first-order chi connectivity index (χ1) is 13.9. The summed E-state index contributed by atoms with van der Waals surface area (Å²) in [5.41, 5.74) is 3.58. The fourth-order valence-corrected chi connectivity index (χ4v) is 2.84. The van der Waals surface area contributed by atoms with E-state index in [0.717, 1.165) is 16.7 Å². The lowest BCUT2D eigenvalue weighted by atomic mass is 10.1. The third-order valence-corrected chi connectivity index (χ3v) is 4.54. The van der Waals surface area contributed by atoms with Gasteiger partial charge in [0.05, 0.1) is 0 Å². The summed E-state index contributed by atoms with van der Waals surface area (Å²) in [6.45, 7) is 5.38. The van der Waals surface area contributed by atoms with Gasteiger partial charge in [-0.3, -0.25) is 4.79 Å². The predicted octanol–water partition coefficient (Wildman–Crippen LogP) is 2.64. The molecule has 0 radical (unpaired) electrons. The molecule has 0 aliphatic rings. The van der Waals surface area contributed by atoms with Crippen molar-refractivity contribution in [1.29, 1.82) is 0 Å². The molecule has 0 fully saturated rings. The number of ether oxygens (including phenoxy) is 1. The molecule has 3 rings (SSSR count). The fraction of sp³-hybridized carbons (Fsp3) is 0.286. The number of esters is 1. The second kappa shape index (κ2) is 9.09. The van der Waals surface area contributed by atoms with Gasteiger partial charge in [0.1, 0.15) is 6.33 Å². The molecule has 1 aromatic heterocycles. The number of carbonyl (C=O) groups excluding carboxylic acids is 2. The van der Waals surface area contributed by atoms with Crippen LogP contribution in [0.3, 0.4) is 0 Å². The maximum atomic E-state index is 12.8. The SMILES string of the molecule is Cc1ccc(C)c(NC(=O)[C@@H](C)OC(=O)[C@H](Cc2ccccc2)n2cnnn2)c1. The summed E-state index contributed by atoms with van der Waals surface area (Å²) in [6.07, 6.45) is 0.725. The number of rotatable bonds is 7. The van der Waals surface area contributed by atoms with Gasteiger partial charge in [-0.2, -0.15) is 0 Å².